The van der Waals surface area contributed by atoms with Crippen molar-refractivity contribution in [1.29, 1.82) is 0 Å². The second-order valence-electron chi connectivity index (χ2n) is 6.37. The Labute approximate surface area is 129 Å². The normalized spacial score (nSPS) is 20.7. The molecule has 0 amide bonds. The lowest BCUT2D eigenvalue weighted by Crippen LogP contribution is -2.56. The van der Waals surface area contributed by atoms with Gasteiger partial charge in [0.2, 0.25) is 0 Å². The van der Waals surface area contributed by atoms with Crippen LogP contribution in [-0.4, -0.2) is 25.7 Å². The molecule has 106 valence electrons. The van der Waals surface area contributed by atoms with E-state index in [-0.39, 0.29) is 5.41 Å². The molecule has 2 nitrogen and oxygen atoms in total. The molecule has 19 heavy (non-hydrogen) atoms. The molecule has 1 fully saturated rings. The third-order valence-corrected chi connectivity index (χ3v) is 4.83. The fourth-order valence-corrected chi connectivity index (χ4v) is 3.29. The zero-order chi connectivity index (χ0) is 14.2. The molecule has 1 aromatic rings. The van der Waals surface area contributed by atoms with E-state index in [4.69, 9.17) is 11.6 Å². The van der Waals surface area contributed by atoms with Gasteiger partial charge in [-0.05, 0) is 46.0 Å². The maximum atomic E-state index is 6.27. The summed E-state index contributed by atoms with van der Waals surface area (Å²) in [5, 5.41) is 4.45. The molecule has 4 heteroatoms. The fourth-order valence-electron chi connectivity index (χ4n) is 2.43. The van der Waals surface area contributed by atoms with Gasteiger partial charge in [0, 0.05) is 35.2 Å². The van der Waals surface area contributed by atoms with E-state index in [0.717, 1.165) is 34.7 Å². The van der Waals surface area contributed by atoms with Gasteiger partial charge in [0.1, 0.15) is 0 Å². The quantitative estimate of drug-likeness (QED) is 0.819. The first-order valence-electron chi connectivity index (χ1n) is 6.73. The molecule has 0 saturated carbocycles. The summed E-state index contributed by atoms with van der Waals surface area (Å²) >= 11 is 9.93. The molecule has 1 atom stereocenters. The van der Waals surface area contributed by atoms with Crippen molar-refractivity contribution in [3.05, 3.63) is 27.2 Å². The summed E-state index contributed by atoms with van der Waals surface area (Å²) in [4.78, 5) is 2.42. The molecule has 1 aromatic carbocycles. The van der Waals surface area contributed by atoms with E-state index in [1.165, 1.54) is 5.69 Å². The monoisotopic (exact) mass is 344 g/mol. The molecule has 0 aliphatic carbocycles. The minimum Gasteiger partial charge on any atom is -0.368 e. The number of anilines is 1. The van der Waals surface area contributed by atoms with Gasteiger partial charge in [-0.15, -0.1) is 0 Å². The Morgan fingerprint density at radius 1 is 1.37 bits per heavy atom. The van der Waals surface area contributed by atoms with E-state index < -0.39 is 0 Å². The molecular formula is C15H22BrClN2. The van der Waals surface area contributed by atoms with Crippen LogP contribution in [0.1, 0.15) is 26.3 Å². The second kappa shape index (κ2) is 5.63. The van der Waals surface area contributed by atoms with Crippen molar-refractivity contribution in [3.63, 3.8) is 0 Å². The summed E-state index contributed by atoms with van der Waals surface area (Å²) in [5.74, 6) is 0. The Morgan fingerprint density at radius 3 is 2.68 bits per heavy atom. The van der Waals surface area contributed by atoms with E-state index in [0.29, 0.717) is 6.04 Å². The van der Waals surface area contributed by atoms with Gasteiger partial charge in [-0.2, -0.15) is 0 Å². The molecule has 1 saturated heterocycles. The molecule has 0 aromatic heterocycles. The highest BCUT2D eigenvalue weighted by Gasteiger charge is 2.30. The van der Waals surface area contributed by atoms with Crippen LogP contribution in [0.2, 0.25) is 5.02 Å². The molecule has 0 radical (unpaired) electrons. The lowest BCUT2D eigenvalue weighted by atomic mass is 9.85. The standard InChI is InChI=1S/C15H22BrClN2/c1-10-7-11(16)13(8-12(10)17)19-6-5-18-14(9-19)15(2,3)4/h7-8,14,18H,5-6,9H2,1-4H3. The van der Waals surface area contributed by atoms with Crippen LogP contribution >= 0.6 is 27.5 Å². The summed E-state index contributed by atoms with van der Waals surface area (Å²) < 4.78 is 1.13. The minimum atomic E-state index is 0.264. The first-order valence-corrected chi connectivity index (χ1v) is 7.90. The van der Waals surface area contributed by atoms with Crippen molar-refractivity contribution >= 4 is 33.2 Å². The first-order chi connectivity index (χ1) is 8.79. The summed E-state index contributed by atoms with van der Waals surface area (Å²) in [7, 11) is 0. The van der Waals surface area contributed by atoms with Crippen LogP contribution in [0.4, 0.5) is 5.69 Å². The van der Waals surface area contributed by atoms with Crippen LogP contribution in [-0.2, 0) is 0 Å². The number of aryl methyl sites for hydroxylation is 1. The van der Waals surface area contributed by atoms with Gasteiger partial charge >= 0.3 is 0 Å². The van der Waals surface area contributed by atoms with Crippen molar-refractivity contribution in [2.45, 2.75) is 33.7 Å². The van der Waals surface area contributed by atoms with E-state index in [1.54, 1.807) is 0 Å². The molecule has 1 aliphatic rings. The summed E-state index contributed by atoms with van der Waals surface area (Å²) in [6.45, 7) is 11.9. The third kappa shape index (κ3) is 3.45. The van der Waals surface area contributed by atoms with Gasteiger partial charge in [-0.3, -0.25) is 0 Å². The summed E-state index contributed by atoms with van der Waals surface area (Å²) in [6, 6.07) is 4.67. The minimum absolute atomic E-state index is 0.264. The van der Waals surface area contributed by atoms with Crippen molar-refractivity contribution in [2.24, 2.45) is 5.41 Å². The van der Waals surface area contributed by atoms with Gasteiger partial charge in [-0.1, -0.05) is 32.4 Å². The van der Waals surface area contributed by atoms with Crippen molar-refractivity contribution in [2.75, 3.05) is 24.5 Å². The zero-order valence-corrected chi connectivity index (χ0v) is 14.4. The Kier molecular flexibility index (Phi) is 4.49. The number of nitrogens with zero attached hydrogens (tertiary/aromatic N) is 1. The Hall–Kier alpha value is -0.250. The fraction of sp³-hybridized carbons (Fsp3) is 0.600. The van der Waals surface area contributed by atoms with Crippen LogP contribution in [0.3, 0.4) is 0 Å². The summed E-state index contributed by atoms with van der Waals surface area (Å²) in [6.07, 6.45) is 0. The van der Waals surface area contributed by atoms with Crippen LogP contribution in [0.25, 0.3) is 0 Å². The molecule has 1 heterocycles. The first kappa shape index (κ1) is 15.1. The van der Waals surface area contributed by atoms with E-state index in [2.05, 4.69) is 59.1 Å². The van der Waals surface area contributed by atoms with Crippen LogP contribution in [0.5, 0.6) is 0 Å². The smallest absolute Gasteiger partial charge is 0.0526 e. The lowest BCUT2D eigenvalue weighted by molar-refractivity contribution is 0.254. The van der Waals surface area contributed by atoms with Crippen molar-refractivity contribution in [3.8, 4) is 0 Å². The highest BCUT2D eigenvalue weighted by atomic mass is 79.9. The van der Waals surface area contributed by atoms with Crippen LogP contribution in [0.15, 0.2) is 16.6 Å². The third-order valence-electron chi connectivity index (χ3n) is 3.79. The number of rotatable bonds is 1. The number of halogens is 2. The number of nitrogens with one attached hydrogen (secondary N) is 1. The van der Waals surface area contributed by atoms with Crippen LogP contribution in [0, 0.1) is 12.3 Å². The molecule has 0 bridgehead atoms. The Bertz CT molecular complexity index is 468. The van der Waals surface area contributed by atoms with Gasteiger partial charge in [-0.25, -0.2) is 0 Å². The molecule has 0 spiro atoms. The number of hydrogen-bond donors (Lipinski definition) is 1. The highest BCUT2D eigenvalue weighted by molar-refractivity contribution is 9.10. The van der Waals surface area contributed by atoms with E-state index >= 15 is 0 Å². The molecule has 1 aliphatic heterocycles. The van der Waals surface area contributed by atoms with E-state index in [9.17, 15) is 0 Å². The van der Waals surface area contributed by atoms with Crippen LogP contribution < -0.4 is 10.2 Å². The second-order valence-corrected chi connectivity index (χ2v) is 7.63. The number of piperazine rings is 1. The average molecular weight is 346 g/mol. The zero-order valence-electron chi connectivity index (χ0n) is 12.1. The van der Waals surface area contributed by atoms with Crippen molar-refractivity contribution in [1.82, 2.24) is 5.32 Å². The summed E-state index contributed by atoms with van der Waals surface area (Å²) in [5.41, 5.74) is 2.57. The highest BCUT2D eigenvalue weighted by Crippen LogP contribution is 2.33. The topological polar surface area (TPSA) is 15.3 Å². The lowest BCUT2D eigenvalue weighted by Gasteiger charge is -2.42. The number of hydrogen-bond acceptors (Lipinski definition) is 2. The average Bonchev–Trinajstić information content (AvgIpc) is 2.33. The predicted octanol–water partition coefficient (Wildman–Crippen LogP) is 4.24. The maximum absolute atomic E-state index is 6.27. The number of benzene rings is 1. The van der Waals surface area contributed by atoms with Gasteiger partial charge < -0.3 is 10.2 Å². The Balaban J connectivity index is 2.25. The van der Waals surface area contributed by atoms with Crippen molar-refractivity contribution < 1.29 is 0 Å². The van der Waals surface area contributed by atoms with Gasteiger partial charge in [0.25, 0.3) is 0 Å². The predicted molar refractivity (Wildman–Crippen MR) is 87.3 cm³/mol. The molecular weight excluding hydrogens is 324 g/mol. The Morgan fingerprint density at radius 2 is 2.05 bits per heavy atom. The molecule has 1 unspecified atom stereocenters. The SMILES string of the molecule is Cc1cc(Br)c(N2CCNC(C(C)(C)C)C2)cc1Cl. The van der Waals surface area contributed by atoms with E-state index in [1.807, 2.05) is 6.92 Å². The maximum Gasteiger partial charge on any atom is 0.0526 e. The molecule has 1 N–H and O–H groups in total. The van der Waals surface area contributed by atoms with Gasteiger partial charge in [0.05, 0.1) is 5.69 Å². The largest absolute Gasteiger partial charge is 0.368 e. The van der Waals surface area contributed by atoms with Gasteiger partial charge in [0.15, 0.2) is 0 Å². The molecule has 2 rings (SSSR count).